The fourth-order valence-electron chi connectivity index (χ4n) is 1.70. The fourth-order valence-corrected chi connectivity index (χ4v) is 1.70. The molecule has 116 valence electrons. The molecule has 1 N–H and O–H groups in total. The van der Waals surface area contributed by atoms with Gasteiger partial charge in [0.25, 0.3) is 5.69 Å². The molecule has 0 aliphatic carbocycles. The molecule has 0 saturated heterocycles. The highest BCUT2D eigenvalue weighted by molar-refractivity contribution is 5.89. The van der Waals surface area contributed by atoms with E-state index in [4.69, 9.17) is 5.11 Å². The Kier molecular flexibility index (Phi) is 3.57. The Morgan fingerprint density at radius 2 is 2.00 bits per heavy atom. The summed E-state index contributed by atoms with van der Waals surface area (Å²) in [5.41, 5.74) is -4.23. The van der Waals surface area contributed by atoms with E-state index in [-0.39, 0.29) is 0 Å². The first-order chi connectivity index (χ1) is 10.1. The molecule has 0 atom stereocenters. The second kappa shape index (κ2) is 5.09. The molecule has 0 aliphatic heterocycles. The number of halogens is 4. The van der Waals surface area contributed by atoms with Crippen LogP contribution in [0.2, 0.25) is 0 Å². The first-order valence-corrected chi connectivity index (χ1v) is 5.45. The topological polar surface area (TPSA) is 98.3 Å². The summed E-state index contributed by atoms with van der Waals surface area (Å²) >= 11 is 0. The van der Waals surface area contributed by atoms with Crippen LogP contribution in [0.1, 0.15) is 16.1 Å². The van der Waals surface area contributed by atoms with Crippen LogP contribution >= 0.6 is 0 Å². The van der Waals surface area contributed by atoms with Crippen molar-refractivity contribution in [2.45, 2.75) is 6.18 Å². The van der Waals surface area contributed by atoms with Gasteiger partial charge in [0, 0.05) is 6.20 Å². The number of nitrogens with zero attached hydrogens (tertiary/aromatic N) is 3. The van der Waals surface area contributed by atoms with Crippen molar-refractivity contribution in [1.82, 2.24) is 9.78 Å². The second-order valence-electron chi connectivity index (χ2n) is 4.03. The molecule has 11 heteroatoms. The van der Waals surface area contributed by atoms with Gasteiger partial charge in [-0.25, -0.2) is 13.9 Å². The second-order valence-corrected chi connectivity index (χ2v) is 4.03. The van der Waals surface area contributed by atoms with E-state index in [1.165, 1.54) is 0 Å². The molecule has 0 fully saturated rings. The number of alkyl halides is 3. The maximum atomic E-state index is 13.0. The van der Waals surface area contributed by atoms with Gasteiger partial charge in [0.15, 0.2) is 5.69 Å². The maximum absolute atomic E-state index is 13.0. The van der Waals surface area contributed by atoms with E-state index >= 15 is 0 Å². The van der Waals surface area contributed by atoms with E-state index in [0.717, 1.165) is 12.1 Å². The number of carbonyl (C=O) groups is 1. The van der Waals surface area contributed by atoms with Crippen molar-refractivity contribution in [3.8, 4) is 5.69 Å². The Balaban J connectivity index is 2.70. The summed E-state index contributed by atoms with van der Waals surface area (Å²) < 4.78 is 51.6. The minimum Gasteiger partial charge on any atom is -0.478 e. The predicted octanol–water partition coefficient (Wildman–Crippen LogP) is 2.64. The number of nitro groups is 1. The van der Waals surface area contributed by atoms with E-state index in [9.17, 15) is 32.5 Å². The van der Waals surface area contributed by atoms with Gasteiger partial charge in [0.2, 0.25) is 0 Å². The summed E-state index contributed by atoms with van der Waals surface area (Å²) in [6.07, 6.45) is -4.58. The van der Waals surface area contributed by atoms with Crippen molar-refractivity contribution >= 4 is 11.7 Å². The van der Waals surface area contributed by atoms with Crippen LogP contribution in [-0.2, 0) is 6.18 Å². The first-order valence-electron chi connectivity index (χ1n) is 5.45. The molecule has 22 heavy (non-hydrogen) atoms. The summed E-state index contributed by atoms with van der Waals surface area (Å²) in [5, 5.41) is 22.6. The number of nitro benzene ring substituents is 1. The van der Waals surface area contributed by atoms with Crippen LogP contribution < -0.4 is 0 Å². The zero-order valence-corrected chi connectivity index (χ0v) is 10.3. The number of hydrogen-bond donors (Lipinski definition) is 1. The van der Waals surface area contributed by atoms with Crippen molar-refractivity contribution in [1.29, 1.82) is 0 Å². The third kappa shape index (κ3) is 2.73. The molecule has 1 aromatic carbocycles. The standard InChI is InChI=1S/C11H5F4N3O4/c12-5-1-2-7(8(3-5)18(21)22)17-4-6(10(19)20)9(16-17)11(13,14)15/h1-4H,(H,19,20). The largest absolute Gasteiger partial charge is 0.478 e. The molecule has 0 bridgehead atoms. The Labute approximate surface area is 118 Å². The van der Waals surface area contributed by atoms with Gasteiger partial charge in [-0.15, -0.1) is 0 Å². The highest BCUT2D eigenvalue weighted by Gasteiger charge is 2.39. The molecule has 2 aromatic rings. The van der Waals surface area contributed by atoms with Gasteiger partial charge in [-0.1, -0.05) is 0 Å². The normalized spacial score (nSPS) is 11.5. The summed E-state index contributed by atoms with van der Waals surface area (Å²) in [5.74, 6) is -2.87. The average Bonchev–Trinajstić information content (AvgIpc) is 2.83. The zero-order chi connectivity index (χ0) is 16.7. The van der Waals surface area contributed by atoms with E-state index in [1.807, 2.05) is 0 Å². The molecule has 0 amide bonds. The molecule has 0 saturated carbocycles. The molecule has 0 radical (unpaired) electrons. The van der Waals surface area contributed by atoms with E-state index in [0.29, 0.717) is 16.9 Å². The Morgan fingerprint density at radius 3 is 2.45 bits per heavy atom. The lowest BCUT2D eigenvalue weighted by Gasteiger charge is -2.04. The molecular weight excluding hydrogens is 314 g/mol. The number of aromatic nitrogens is 2. The third-order valence-electron chi connectivity index (χ3n) is 2.59. The summed E-state index contributed by atoms with van der Waals surface area (Å²) in [4.78, 5) is 20.6. The fraction of sp³-hybridized carbons (Fsp3) is 0.0909. The van der Waals surface area contributed by atoms with Crippen LogP contribution in [0.3, 0.4) is 0 Å². The lowest BCUT2D eigenvalue weighted by atomic mass is 10.2. The highest BCUT2D eigenvalue weighted by Crippen LogP contribution is 2.32. The van der Waals surface area contributed by atoms with Crippen molar-refractivity contribution < 1.29 is 32.4 Å². The lowest BCUT2D eigenvalue weighted by Crippen LogP contribution is -2.12. The zero-order valence-electron chi connectivity index (χ0n) is 10.3. The Morgan fingerprint density at radius 1 is 1.36 bits per heavy atom. The van der Waals surface area contributed by atoms with Crippen molar-refractivity contribution in [3.63, 3.8) is 0 Å². The van der Waals surface area contributed by atoms with Crippen molar-refractivity contribution in [3.05, 3.63) is 51.6 Å². The molecule has 0 unspecified atom stereocenters. The lowest BCUT2D eigenvalue weighted by molar-refractivity contribution is -0.384. The molecule has 0 aliphatic rings. The molecule has 0 spiro atoms. The number of aromatic carboxylic acids is 1. The predicted molar refractivity (Wildman–Crippen MR) is 62.1 cm³/mol. The smallest absolute Gasteiger partial charge is 0.436 e. The van der Waals surface area contributed by atoms with Gasteiger partial charge >= 0.3 is 12.1 Å². The van der Waals surface area contributed by atoms with Crippen LogP contribution in [0.15, 0.2) is 24.4 Å². The number of carboxylic acid groups (broad SMARTS) is 1. The molecule has 1 heterocycles. The number of carboxylic acids is 1. The minimum atomic E-state index is -5.06. The van der Waals surface area contributed by atoms with E-state index < -0.39 is 45.5 Å². The van der Waals surface area contributed by atoms with Crippen LogP contribution in [0.5, 0.6) is 0 Å². The quantitative estimate of drug-likeness (QED) is 0.533. The van der Waals surface area contributed by atoms with Gasteiger partial charge in [-0.3, -0.25) is 10.1 Å². The average molecular weight is 319 g/mol. The van der Waals surface area contributed by atoms with Gasteiger partial charge in [-0.2, -0.15) is 18.3 Å². The van der Waals surface area contributed by atoms with Crippen LogP contribution in [0.25, 0.3) is 5.69 Å². The minimum absolute atomic E-state index is 0.379. The molecule has 2 rings (SSSR count). The maximum Gasteiger partial charge on any atom is 0.436 e. The highest BCUT2D eigenvalue weighted by atomic mass is 19.4. The summed E-state index contributed by atoms with van der Waals surface area (Å²) in [7, 11) is 0. The van der Waals surface area contributed by atoms with Crippen molar-refractivity contribution in [2.75, 3.05) is 0 Å². The first kappa shape index (κ1) is 15.4. The van der Waals surface area contributed by atoms with Crippen LogP contribution in [-0.4, -0.2) is 25.8 Å². The summed E-state index contributed by atoms with van der Waals surface area (Å²) in [6, 6.07) is 2.09. The van der Waals surface area contributed by atoms with Crippen LogP contribution in [0, 0.1) is 15.9 Å². The van der Waals surface area contributed by atoms with E-state index in [2.05, 4.69) is 5.10 Å². The van der Waals surface area contributed by atoms with Crippen LogP contribution in [0.4, 0.5) is 23.2 Å². The SMILES string of the molecule is O=C(O)c1cn(-c2ccc(F)cc2[N+](=O)[O-])nc1C(F)(F)F. The molecular formula is C11H5F4N3O4. The molecule has 1 aromatic heterocycles. The monoisotopic (exact) mass is 319 g/mol. The van der Waals surface area contributed by atoms with Gasteiger partial charge in [-0.05, 0) is 12.1 Å². The number of hydrogen-bond acceptors (Lipinski definition) is 4. The van der Waals surface area contributed by atoms with E-state index in [1.54, 1.807) is 0 Å². The van der Waals surface area contributed by atoms with Gasteiger partial charge in [0.1, 0.15) is 17.1 Å². The van der Waals surface area contributed by atoms with Crippen molar-refractivity contribution in [2.24, 2.45) is 0 Å². The van der Waals surface area contributed by atoms with Gasteiger partial charge in [0.05, 0.1) is 11.0 Å². The number of benzene rings is 1. The van der Waals surface area contributed by atoms with Gasteiger partial charge < -0.3 is 5.11 Å². The Hall–Kier alpha value is -2.98. The third-order valence-corrected chi connectivity index (χ3v) is 2.59. The Bertz CT molecular complexity index is 769. The molecule has 7 nitrogen and oxygen atoms in total. The summed E-state index contributed by atoms with van der Waals surface area (Å²) in [6.45, 7) is 0. The number of rotatable bonds is 3.